The van der Waals surface area contributed by atoms with Gasteiger partial charge >= 0.3 is 6.55 Å². The lowest BCUT2D eigenvalue weighted by molar-refractivity contribution is -0.120. The number of carbonyl (C=O) groups is 2. The Labute approximate surface area is 253 Å². The molecule has 0 spiro atoms. The molecule has 0 saturated heterocycles. The first-order valence-corrected chi connectivity index (χ1v) is 14.1. The van der Waals surface area contributed by atoms with Crippen molar-refractivity contribution in [1.82, 2.24) is 20.1 Å². The van der Waals surface area contributed by atoms with Gasteiger partial charge in [0.2, 0.25) is 5.91 Å². The molecule has 230 valence electrons. The van der Waals surface area contributed by atoms with Crippen molar-refractivity contribution in [3.8, 4) is 17.0 Å². The van der Waals surface area contributed by atoms with E-state index in [4.69, 9.17) is 22.1 Å². The van der Waals surface area contributed by atoms with Gasteiger partial charge in [0.15, 0.2) is 5.82 Å². The highest BCUT2D eigenvalue weighted by molar-refractivity contribution is 6.31. The Hall–Kier alpha value is -4.23. The number of methoxy groups -OCH3 is 1. The Kier molecular flexibility index (Phi) is 7.28. The van der Waals surface area contributed by atoms with Crippen LogP contribution in [0.5, 0.6) is 5.75 Å². The maximum Gasteiger partial charge on any atom is 0.333 e. The zero-order chi connectivity index (χ0) is 31.6. The minimum atomic E-state index is -2.89. The van der Waals surface area contributed by atoms with Gasteiger partial charge in [-0.15, -0.1) is 0 Å². The lowest BCUT2D eigenvalue weighted by Gasteiger charge is -2.30. The van der Waals surface area contributed by atoms with Crippen molar-refractivity contribution in [2.45, 2.75) is 43.2 Å². The second-order valence-corrected chi connectivity index (χ2v) is 11.6. The number of rotatable bonds is 10. The first-order chi connectivity index (χ1) is 20.9. The van der Waals surface area contributed by atoms with E-state index in [9.17, 15) is 27.9 Å². The standard InChI is InChI=1S/C30H26ClF4N5O4/c1-44-21-9-14(8-15-12-40(28(34)35)39-25(15)21)26(41)37-13-30(43,16-2-3-16)22-11-17(29(6-7-29)27(36)42)10-20(38-22)18-4-5-19(32)23(31)24(18)33/h4-5,8-12,16,28,43H,2-3,6-7,13H2,1H3,(H2,36,42)(H,37,41)/t30-/m1/s1. The van der Waals surface area contributed by atoms with Crippen LogP contribution in [0.2, 0.25) is 5.02 Å². The van der Waals surface area contributed by atoms with E-state index in [2.05, 4.69) is 15.4 Å². The number of carbonyl (C=O) groups excluding carboxylic acids is 2. The number of nitrogens with two attached hydrogens (primary N) is 1. The normalized spacial score (nSPS) is 17.0. The number of halogens is 5. The minimum Gasteiger partial charge on any atom is -0.494 e. The number of alkyl halides is 2. The summed E-state index contributed by atoms with van der Waals surface area (Å²) in [6.45, 7) is -3.23. The van der Waals surface area contributed by atoms with E-state index >= 15 is 4.39 Å². The number of pyridine rings is 1. The Morgan fingerprint density at radius 3 is 2.57 bits per heavy atom. The molecular weight excluding hydrogens is 606 g/mol. The van der Waals surface area contributed by atoms with Crippen LogP contribution < -0.4 is 15.8 Å². The molecule has 2 aromatic carbocycles. The number of benzene rings is 2. The zero-order valence-corrected chi connectivity index (χ0v) is 24.0. The molecule has 6 rings (SSSR count). The van der Waals surface area contributed by atoms with Crippen molar-refractivity contribution in [2.24, 2.45) is 11.7 Å². The van der Waals surface area contributed by atoms with E-state index in [-0.39, 0.29) is 51.6 Å². The van der Waals surface area contributed by atoms with Gasteiger partial charge in [0, 0.05) is 22.7 Å². The van der Waals surface area contributed by atoms with E-state index in [1.165, 1.54) is 31.4 Å². The topological polar surface area (TPSA) is 132 Å². The van der Waals surface area contributed by atoms with Crippen LogP contribution in [0.4, 0.5) is 17.6 Å². The number of nitrogens with zero attached hydrogens (tertiary/aromatic N) is 3. The fourth-order valence-electron chi connectivity index (χ4n) is 5.52. The molecule has 0 aliphatic heterocycles. The van der Waals surface area contributed by atoms with Crippen LogP contribution in [0.1, 0.15) is 53.8 Å². The monoisotopic (exact) mass is 631 g/mol. The van der Waals surface area contributed by atoms with E-state index in [0.717, 1.165) is 18.3 Å². The molecule has 2 heterocycles. The van der Waals surface area contributed by atoms with Gasteiger partial charge in [-0.05, 0) is 73.6 Å². The van der Waals surface area contributed by atoms with Crippen LogP contribution in [-0.2, 0) is 15.8 Å². The quantitative estimate of drug-likeness (QED) is 0.167. The third-order valence-corrected chi connectivity index (χ3v) is 8.75. The number of hydrogen-bond donors (Lipinski definition) is 3. The van der Waals surface area contributed by atoms with E-state index in [0.29, 0.717) is 35.9 Å². The first-order valence-electron chi connectivity index (χ1n) is 13.7. The highest BCUT2D eigenvalue weighted by Crippen LogP contribution is 2.51. The molecule has 44 heavy (non-hydrogen) atoms. The van der Waals surface area contributed by atoms with Gasteiger partial charge in [0.25, 0.3) is 5.91 Å². The number of primary amides is 1. The Balaban J connectivity index is 1.38. The maximum absolute atomic E-state index is 15.1. The van der Waals surface area contributed by atoms with E-state index in [1.807, 2.05) is 0 Å². The van der Waals surface area contributed by atoms with Crippen LogP contribution in [-0.4, -0.2) is 45.3 Å². The predicted molar refractivity (Wildman–Crippen MR) is 151 cm³/mol. The summed E-state index contributed by atoms with van der Waals surface area (Å²) >= 11 is 5.83. The number of aromatic nitrogens is 3. The van der Waals surface area contributed by atoms with Crippen LogP contribution in [0, 0.1) is 17.6 Å². The molecule has 0 radical (unpaired) electrons. The minimum absolute atomic E-state index is 0.000978. The summed E-state index contributed by atoms with van der Waals surface area (Å²) in [6.07, 6.45) is 3.14. The molecule has 1 atom stereocenters. The predicted octanol–water partition coefficient (Wildman–Crippen LogP) is 4.98. The number of amides is 2. The maximum atomic E-state index is 15.1. The van der Waals surface area contributed by atoms with Crippen molar-refractivity contribution in [1.29, 1.82) is 0 Å². The fraction of sp³-hybridized carbons (Fsp3) is 0.333. The van der Waals surface area contributed by atoms with Gasteiger partial charge in [-0.3, -0.25) is 9.59 Å². The van der Waals surface area contributed by atoms with Crippen LogP contribution >= 0.6 is 11.6 Å². The largest absolute Gasteiger partial charge is 0.494 e. The molecule has 4 N–H and O–H groups in total. The SMILES string of the molecule is COc1cc(C(=O)NC[C@](O)(c2cc(C3(C(N)=O)CC3)cc(-c3ccc(F)c(Cl)c3F)n2)C2CC2)cc2cn(C(F)F)nc12. The fourth-order valence-corrected chi connectivity index (χ4v) is 5.69. The molecule has 2 saturated carbocycles. The molecule has 2 aliphatic carbocycles. The number of nitrogens with one attached hydrogen (secondary N) is 1. The van der Waals surface area contributed by atoms with Crippen LogP contribution in [0.15, 0.2) is 42.6 Å². The summed E-state index contributed by atoms with van der Waals surface area (Å²) in [4.78, 5) is 30.3. The highest BCUT2D eigenvalue weighted by Gasteiger charge is 2.52. The first kappa shape index (κ1) is 29.8. The second-order valence-electron chi connectivity index (χ2n) is 11.2. The number of fused-ring (bicyclic) bond motifs is 1. The summed E-state index contributed by atoms with van der Waals surface area (Å²) < 4.78 is 61.2. The van der Waals surface area contributed by atoms with Crippen molar-refractivity contribution >= 4 is 34.3 Å². The number of hydrogen-bond acceptors (Lipinski definition) is 6. The van der Waals surface area contributed by atoms with Crippen LogP contribution in [0.25, 0.3) is 22.2 Å². The van der Waals surface area contributed by atoms with Gasteiger partial charge in [0.1, 0.15) is 27.7 Å². The molecular formula is C30H26ClF4N5O4. The summed E-state index contributed by atoms with van der Waals surface area (Å²) in [5, 5.41) is 18.1. The van der Waals surface area contributed by atoms with Crippen molar-refractivity contribution < 1.29 is 37.0 Å². The van der Waals surface area contributed by atoms with Crippen molar-refractivity contribution in [3.63, 3.8) is 0 Å². The number of aliphatic hydroxyl groups is 1. The van der Waals surface area contributed by atoms with Gasteiger partial charge in [-0.25, -0.2) is 18.4 Å². The third kappa shape index (κ3) is 5.03. The lowest BCUT2D eigenvalue weighted by Crippen LogP contribution is -2.43. The smallest absolute Gasteiger partial charge is 0.333 e. The molecule has 2 aromatic heterocycles. The molecule has 2 amide bonds. The zero-order valence-electron chi connectivity index (χ0n) is 23.2. The number of ether oxygens (including phenoxy) is 1. The van der Waals surface area contributed by atoms with Gasteiger partial charge in [0.05, 0.1) is 30.5 Å². The average Bonchev–Trinajstić information content (AvgIpc) is 3.94. The Morgan fingerprint density at radius 1 is 1.23 bits per heavy atom. The van der Waals surface area contributed by atoms with Gasteiger partial charge < -0.3 is 20.9 Å². The summed E-state index contributed by atoms with van der Waals surface area (Å²) in [5.41, 5.74) is 3.44. The van der Waals surface area contributed by atoms with Gasteiger partial charge in [-0.2, -0.15) is 13.9 Å². The third-order valence-electron chi connectivity index (χ3n) is 8.40. The Bertz CT molecular complexity index is 1820. The molecule has 4 aromatic rings. The van der Waals surface area contributed by atoms with Crippen molar-refractivity contribution in [3.05, 3.63) is 76.1 Å². The van der Waals surface area contributed by atoms with Gasteiger partial charge in [-0.1, -0.05) is 11.6 Å². The molecule has 14 heteroatoms. The van der Waals surface area contributed by atoms with Crippen molar-refractivity contribution in [2.75, 3.05) is 13.7 Å². The Morgan fingerprint density at radius 2 is 1.95 bits per heavy atom. The average molecular weight is 632 g/mol. The molecule has 0 bridgehead atoms. The summed E-state index contributed by atoms with van der Waals surface area (Å²) in [7, 11) is 1.32. The lowest BCUT2D eigenvalue weighted by atomic mass is 9.87. The highest BCUT2D eigenvalue weighted by atomic mass is 35.5. The van der Waals surface area contributed by atoms with E-state index in [1.54, 1.807) is 0 Å². The molecule has 2 aliphatic rings. The summed E-state index contributed by atoms with van der Waals surface area (Å²) in [6, 6.07) is 7.87. The summed E-state index contributed by atoms with van der Waals surface area (Å²) in [5.74, 6) is -3.50. The molecule has 0 unspecified atom stereocenters. The van der Waals surface area contributed by atoms with Crippen LogP contribution in [0.3, 0.4) is 0 Å². The molecule has 9 nitrogen and oxygen atoms in total. The second kappa shape index (κ2) is 10.7. The molecule has 2 fully saturated rings. The van der Waals surface area contributed by atoms with E-state index < -0.39 is 46.0 Å².